The number of anilines is 2. The van der Waals surface area contributed by atoms with Crippen LogP contribution in [0.3, 0.4) is 0 Å². The van der Waals surface area contributed by atoms with E-state index in [2.05, 4.69) is 15.5 Å². The molecule has 0 unspecified atom stereocenters. The Labute approximate surface area is 307 Å². The highest BCUT2D eigenvalue weighted by Crippen LogP contribution is 2.39. The zero-order valence-corrected chi connectivity index (χ0v) is 30.6. The van der Waals surface area contributed by atoms with Crippen LogP contribution in [0, 0.1) is 0 Å². The van der Waals surface area contributed by atoms with Crippen molar-refractivity contribution in [2.45, 2.75) is 115 Å². The Morgan fingerprint density at radius 1 is 0.885 bits per heavy atom. The summed E-state index contributed by atoms with van der Waals surface area (Å²) in [6.45, 7) is 7.42. The molecule has 2 saturated heterocycles. The molecule has 5 rings (SSSR count). The summed E-state index contributed by atoms with van der Waals surface area (Å²) in [4.78, 5) is 40.0. The molecule has 0 saturated carbocycles. The van der Waals surface area contributed by atoms with Crippen LogP contribution in [0.1, 0.15) is 107 Å². The molecule has 4 atom stereocenters. The third-order valence-electron chi connectivity index (χ3n) is 9.38. The second kappa shape index (κ2) is 18.5. The number of carbonyl (C=O) groups is 3. The highest BCUT2D eigenvalue weighted by molar-refractivity contribution is 5.93. The van der Waals surface area contributed by atoms with Crippen LogP contribution >= 0.6 is 0 Å². The van der Waals surface area contributed by atoms with E-state index >= 15 is 0 Å². The number of amides is 2. The van der Waals surface area contributed by atoms with Crippen LogP contribution < -0.4 is 16.4 Å². The molecule has 0 radical (unpaired) electrons. The molecule has 2 heterocycles. The molecule has 11 nitrogen and oxygen atoms in total. The minimum Gasteiger partial charge on any atom is -0.459 e. The number of nitrogens with one attached hydrogen (secondary N) is 2. The third-order valence-corrected chi connectivity index (χ3v) is 9.38. The van der Waals surface area contributed by atoms with E-state index in [4.69, 9.17) is 19.9 Å². The number of rotatable bonds is 15. The fraction of sp³-hybridized carbons (Fsp3) is 0.488. The molecular weight excluding hydrogens is 660 g/mol. The van der Waals surface area contributed by atoms with Gasteiger partial charge < -0.3 is 35.7 Å². The zero-order valence-electron chi connectivity index (χ0n) is 30.6. The van der Waals surface area contributed by atoms with Crippen molar-refractivity contribution in [2.75, 3.05) is 24.1 Å². The topological polar surface area (TPSA) is 152 Å². The molecular formula is C41H54N4O7. The summed E-state index contributed by atoms with van der Waals surface area (Å²) in [6, 6.07) is 22.5. The van der Waals surface area contributed by atoms with Gasteiger partial charge in [-0.05, 0) is 81.8 Å². The summed E-state index contributed by atoms with van der Waals surface area (Å²) in [5.74, 6) is -0.313. The predicted molar refractivity (Wildman–Crippen MR) is 200 cm³/mol. The minimum absolute atomic E-state index is 0.0276. The quantitative estimate of drug-likeness (QED) is 0.0806. The zero-order chi connectivity index (χ0) is 37.1. The van der Waals surface area contributed by atoms with Gasteiger partial charge in [0.05, 0.1) is 30.2 Å². The fourth-order valence-electron chi connectivity index (χ4n) is 6.63. The number of hydrogen-bond donors (Lipinski definition) is 4. The Morgan fingerprint density at radius 3 is 2.25 bits per heavy atom. The van der Waals surface area contributed by atoms with Gasteiger partial charge in [0.15, 0.2) is 6.29 Å². The maximum absolute atomic E-state index is 13.0. The second-order valence-electron chi connectivity index (χ2n) is 14.8. The molecule has 2 fully saturated rings. The van der Waals surface area contributed by atoms with Gasteiger partial charge in [-0.15, -0.1) is 0 Å². The lowest BCUT2D eigenvalue weighted by Gasteiger charge is -2.38. The first-order valence-corrected chi connectivity index (χ1v) is 18.4. The third kappa shape index (κ3) is 11.6. The van der Waals surface area contributed by atoms with Gasteiger partial charge in [0.2, 0.25) is 11.8 Å². The number of likely N-dealkylation sites (tertiary alicyclic amines) is 1. The number of nitrogens with two attached hydrogens (primary N) is 1. The van der Waals surface area contributed by atoms with Crippen molar-refractivity contribution in [3.63, 3.8) is 0 Å². The maximum Gasteiger partial charge on any atom is 0.323 e. The molecule has 52 heavy (non-hydrogen) atoms. The summed E-state index contributed by atoms with van der Waals surface area (Å²) in [7, 11) is 0. The number of para-hydroxylation sites is 2. The molecule has 5 N–H and O–H groups in total. The van der Waals surface area contributed by atoms with Crippen LogP contribution in [0.5, 0.6) is 0 Å². The van der Waals surface area contributed by atoms with Gasteiger partial charge in [0.25, 0.3) is 0 Å². The van der Waals surface area contributed by atoms with Gasteiger partial charge in [-0.3, -0.25) is 19.3 Å². The number of nitrogens with zero attached hydrogens (tertiary/aromatic N) is 1. The minimum atomic E-state index is -0.625. The number of esters is 1. The lowest BCUT2D eigenvalue weighted by molar-refractivity contribution is -0.253. The average Bonchev–Trinajstić information content (AvgIpc) is 3.59. The van der Waals surface area contributed by atoms with Gasteiger partial charge >= 0.3 is 5.97 Å². The number of unbranched alkanes of at least 4 members (excludes halogenated alkanes) is 2. The molecule has 3 aromatic rings. The van der Waals surface area contributed by atoms with E-state index in [0.29, 0.717) is 56.6 Å². The number of aliphatic hydroxyl groups excluding tert-OH is 1. The second-order valence-corrected chi connectivity index (χ2v) is 14.8. The molecule has 0 bridgehead atoms. The molecule has 0 aromatic heterocycles. The highest BCUT2D eigenvalue weighted by atomic mass is 16.7. The number of nitrogen functional groups attached to an aromatic ring is 1. The Balaban J connectivity index is 1.12. The van der Waals surface area contributed by atoms with Crippen molar-refractivity contribution in [3.05, 3.63) is 95.1 Å². The van der Waals surface area contributed by atoms with Crippen molar-refractivity contribution < 1.29 is 33.7 Å². The molecule has 2 amide bonds. The van der Waals surface area contributed by atoms with Crippen molar-refractivity contribution in [1.82, 2.24) is 10.2 Å². The molecule has 0 aliphatic carbocycles. The van der Waals surface area contributed by atoms with Crippen molar-refractivity contribution in [2.24, 2.45) is 0 Å². The van der Waals surface area contributed by atoms with Gasteiger partial charge in [0.1, 0.15) is 11.6 Å². The van der Waals surface area contributed by atoms with E-state index in [-0.39, 0.29) is 42.6 Å². The highest BCUT2D eigenvalue weighted by Gasteiger charge is 2.39. The normalized spacial score (nSPS) is 20.7. The Morgan fingerprint density at radius 2 is 1.56 bits per heavy atom. The van der Waals surface area contributed by atoms with Crippen LogP contribution in [0.15, 0.2) is 72.8 Å². The molecule has 2 aliphatic rings. The van der Waals surface area contributed by atoms with E-state index in [0.717, 1.165) is 48.1 Å². The largest absolute Gasteiger partial charge is 0.459 e. The van der Waals surface area contributed by atoms with Gasteiger partial charge in [0, 0.05) is 37.9 Å². The summed E-state index contributed by atoms with van der Waals surface area (Å²) < 4.78 is 18.8. The summed E-state index contributed by atoms with van der Waals surface area (Å²) in [6.07, 6.45) is 4.16. The number of aliphatic hydroxyl groups is 1. The lowest BCUT2D eigenvalue weighted by Crippen LogP contribution is -2.45. The monoisotopic (exact) mass is 714 g/mol. The van der Waals surface area contributed by atoms with Crippen molar-refractivity contribution in [1.29, 1.82) is 0 Å². The van der Waals surface area contributed by atoms with E-state index in [9.17, 15) is 19.5 Å². The summed E-state index contributed by atoms with van der Waals surface area (Å²) in [5, 5.41) is 15.4. The number of carbonyl (C=O) groups excluding carboxylic acids is 3. The van der Waals surface area contributed by atoms with Crippen molar-refractivity contribution >= 4 is 29.2 Å². The number of hydrogen-bond acceptors (Lipinski definition) is 9. The SMILES string of the molecule is CC(C)(C)OC(=O)[C@@H]1CCCN1C[C@H]1C[C@@H](c2ccc(CO)cc2)O[C@@H](c2ccc(CNC(=O)CCCCCC(=O)Nc3ccccc3N)cc2)O1. The Hall–Kier alpha value is -4.29. The van der Waals surface area contributed by atoms with Gasteiger partial charge in [-0.1, -0.05) is 67.1 Å². The van der Waals surface area contributed by atoms with Crippen LogP contribution in [-0.4, -0.2) is 58.6 Å². The lowest BCUT2D eigenvalue weighted by atomic mass is 9.99. The van der Waals surface area contributed by atoms with Gasteiger partial charge in [-0.25, -0.2) is 0 Å². The van der Waals surface area contributed by atoms with Crippen LogP contribution in [0.4, 0.5) is 11.4 Å². The standard InChI is InChI=1S/C41H54N4O7/c1-41(2,3)52-39(49)35-12-9-23-45(35)26-32-24-36(30-19-17-29(27-46)18-20-30)51-40(50-32)31-21-15-28(16-22-31)25-43-37(47)13-5-4-6-14-38(48)44-34-11-8-7-10-33(34)42/h7-8,10-11,15-22,32,35-36,40,46H,4-6,9,12-14,23-27,42H2,1-3H3,(H,43,47)(H,44,48)/t32-,35+,36+,40+/m1/s1. The van der Waals surface area contributed by atoms with E-state index in [1.54, 1.807) is 12.1 Å². The Kier molecular flexibility index (Phi) is 13.8. The summed E-state index contributed by atoms with van der Waals surface area (Å²) >= 11 is 0. The van der Waals surface area contributed by atoms with Gasteiger partial charge in [-0.2, -0.15) is 0 Å². The molecule has 3 aromatic carbocycles. The van der Waals surface area contributed by atoms with E-state index < -0.39 is 11.9 Å². The van der Waals surface area contributed by atoms with Crippen LogP contribution in [0.25, 0.3) is 0 Å². The molecule has 11 heteroatoms. The average molecular weight is 715 g/mol. The fourth-order valence-corrected chi connectivity index (χ4v) is 6.63. The number of ether oxygens (including phenoxy) is 3. The van der Waals surface area contributed by atoms with Crippen molar-refractivity contribution in [3.8, 4) is 0 Å². The van der Waals surface area contributed by atoms with E-state index in [1.807, 2.05) is 81.4 Å². The first-order chi connectivity index (χ1) is 25.0. The molecule has 280 valence electrons. The first kappa shape index (κ1) is 38.9. The molecule has 2 aliphatic heterocycles. The number of benzene rings is 3. The van der Waals surface area contributed by atoms with E-state index in [1.165, 1.54) is 0 Å². The van der Waals surface area contributed by atoms with Crippen LogP contribution in [-0.2, 0) is 41.7 Å². The van der Waals surface area contributed by atoms with Crippen LogP contribution in [0.2, 0.25) is 0 Å². The first-order valence-electron chi connectivity index (χ1n) is 18.4. The maximum atomic E-state index is 13.0. The smallest absolute Gasteiger partial charge is 0.323 e. The predicted octanol–water partition coefficient (Wildman–Crippen LogP) is 6.32. The molecule has 0 spiro atoms. The summed E-state index contributed by atoms with van der Waals surface area (Å²) in [5.41, 5.74) is 10.1. The Bertz CT molecular complexity index is 1620.